The Morgan fingerprint density at radius 1 is 1.13 bits per heavy atom. The van der Waals surface area contributed by atoms with Crippen molar-refractivity contribution in [3.05, 3.63) is 64.6 Å². The number of halogens is 1. The molecule has 0 saturated heterocycles. The fraction of sp³-hybridized carbons (Fsp3) is 0.250. The van der Waals surface area contributed by atoms with E-state index in [0.29, 0.717) is 23.9 Å². The zero-order valence-electron chi connectivity index (χ0n) is 15.9. The summed E-state index contributed by atoms with van der Waals surface area (Å²) in [6.07, 6.45) is 4.49. The van der Waals surface area contributed by atoms with Crippen LogP contribution in [0.5, 0.6) is 0 Å². The van der Waals surface area contributed by atoms with Crippen LogP contribution >= 0.6 is 11.3 Å². The molecule has 0 spiro atoms. The summed E-state index contributed by atoms with van der Waals surface area (Å²) < 4.78 is 14.3. The minimum absolute atomic E-state index is 0.257. The minimum atomic E-state index is -0.343. The van der Waals surface area contributed by atoms with Gasteiger partial charge in [-0.2, -0.15) is 5.10 Å². The van der Waals surface area contributed by atoms with Gasteiger partial charge in [0, 0.05) is 18.2 Å². The number of aromatic amines is 2. The van der Waals surface area contributed by atoms with E-state index in [4.69, 9.17) is 0 Å². The third kappa shape index (κ3) is 3.39. The minimum Gasteiger partial charge on any atom is -0.368 e. The Kier molecular flexibility index (Phi) is 4.62. The second-order valence-electron chi connectivity index (χ2n) is 7.32. The lowest BCUT2D eigenvalue weighted by Crippen LogP contribution is -2.42. The van der Waals surface area contributed by atoms with Crippen LogP contribution in [0.1, 0.15) is 25.0 Å². The molecule has 1 aliphatic rings. The highest BCUT2D eigenvalue weighted by Crippen LogP contribution is 2.43. The van der Waals surface area contributed by atoms with Gasteiger partial charge >= 0.3 is 5.69 Å². The van der Waals surface area contributed by atoms with Gasteiger partial charge < -0.3 is 5.32 Å². The number of hydrogen-bond donors (Lipinski definition) is 3. The van der Waals surface area contributed by atoms with Crippen molar-refractivity contribution >= 4 is 17.2 Å². The van der Waals surface area contributed by atoms with Crippen LogP contribution in [0.15, 0.2) is 47.4 Å². The molecule has 0 amide bonds. The van der Waals surface area contributed by atoms with Gasteiger partial charge in [-0.1, -0.05) is 6.42 Å². The molecule has 0 aliphatic heterocycles. The molecule has 10 heteroatoms. The third-order valence-electron chi connectivity index (χ3n) is 5.44. The van der Waals surface area contributed by atoms with Gasteiger partial charge in [-0.3, -0.25) is 9.97 Å². The van der Waals surface area contributed by atoms with Gasteiger partial charge in [-0.05, 0) is 49.2 Å². The van der Waals surface area contributed by atoms with Gasteiger partial charge in [0.15, 0.2) is 5.82 Å². The molecule has 0 unspecified atom stereocenters. The predicted octanol–water partition coefficient (Wildman–Crippen LogP) is 3.35. The second kappa shape index (κ2) is 7.45. The Balaban J connectivity index is 1.29. The Morgan fingerprint density at radius 2 is 2.00 bits per heavy atom. The summed E-state index contributed by atoms with van der Waals surface area (Å²) in [5, 5.41) is 18.2. The molecule has 1 aliphatic carbocycles. The van der Waals surface area contributed by atoms with Crippen LogP contribution in [0.4, 0.5) is 10.2 Å². The maximum absolute atomic E-state index is 14.3. The Morgan fingerprint density at radius 3 is 2.67 bits per heavy atom. The van der Waals surface area contributed by atoms with Crippen molar-refractivity contribution in [2.75, 3.05) is 11.9 Å². The van der Waals surface area contributed by atoms with Gasteiger partial charge in [-0.15, -0.1) is 21.5 Å². The summed E-state index contributed by atoms with van der Waals surface area (Å²) in [6.45, 7) is 0.560. The van der Waals surface area contributed by atoms with Gasteiger partial charge in [0.25, 0.3) is 0 Å². The largest absolute Gasteiger partial charge is 0.368 e. The van der Waals surface area contributed by atoms with Gasteiger partial charge in [0.1, 0.15) is 17.3 Å². The van der Waals surface area contributed by atoms with Crippen LogP contribution in [0.2, 0.25) is 0 Å². The van der Waals surface area contributed by atoms with Crippen molar-refractivity contribution in [1.29, 1.82) is 0 Å². The van der Waals surface area contributed by atoms with E-state index in [1.807, 2.05) is 24.3 Å². The van der Waals surface area contributed by atoms with Crippen molar-refractivity contribution in [2.45, 2.75) is 24.7 Å². The quantitative estimate of drug-likeness (QED) is 0.438. The van der Waals surface area contributed by atoms with Gasteiger partial charge in [0.05, 0.1) is 15.4 Å². The predicted molar refractivity (Wildman–Crippen MR) is 112 cm³/mol. The number of anilines is 1. The van der Waals surface area contributed by atoms with Crippen LogP contribution in [-0.2, 0) is 5.41 Å². The molecule has 0 atom stereocenters. The standard InChI is InChI=1S/C20H18FN7OS/c21-12-3-1-10-22-17(12)20(8-2-9-20)11-23-16-7-4-13(25-26-16)14-5-6-15(30-14)18-24-19(29)28-27-18/h1,3-7,10H,2,8-9,11H2,(H,23,26)(H2,24,27,28,29). The number of H-pyrrole nitrogens is 2. The normalized spacial score (nSPS) is 15.0. The second-order valence-corrected chi connectivity index (χ2v) is 8.40. The van der Waals surface area contributed by atoms with E-state index < -0.39 is 0 Å². The molecule has 1 fully saturated rings. The van der Waals surface area contributed by atoms with Crippen LogP contribution in [0.3, 0.4) is 0 Å². The molecule has 4 aromatic heterocycles. The average Bonchev–Trinajstić information content (AvgIpc) is 3.38. The van der Waals surface area contributed by atoms with Crippen molar-refractivity contribution in [2.24, 2.45) is 0 Å². The van der Waals surface area contributed by atoms with Crippen LogP contribution in [0.25, 0.3) is 21.3 Å². The van der Waals surface area contributed by atoms with Crippen LogP contribution in [-0.4, -0.2) is 36.9 Å². The lowest BCUT2D eigenvalue weighted by atomic mass is 9.66. The molecule has 4 aromatic rings. The topological polar surface area (TPSA) is 112 Å². The molecule has 3 N–H and O–H groups in total. The van der Waals surface area contributed by atoms with E-state index >= 15 is 0 Å². The summed E-state index contributed by atoms with van der Waals surface area (Å²) in [4.78, 5) is 19.9. The highest BCUT2D eigenvalue weighted by Gasteiger charge is 2.41. The number of nitrogens with zero attached hydrogens (tertiary/aromatic N) is 4. The monoisotopic (exact) mass is 423 g/mol. The van der Waals surface area contributed by atoms with Crippen molar-refractivity contribution in [3.63, 3.8) is 0 Å². The smallest absolute Gasteiger partial charge is 0.340 e. The first-order chi connectivity index (χ1) is 14.6. The average molecular weight is 423 g/mol. The zero-order valence-corrected chi connectivity index (χ0v) is 16.7. The number of nitrogens with one attached hydrogen (secondary N) is 3. The van der Waals surface area contributed by atoms with Crippen LogP contribution in [0, 0.1) is 5.82 Å². The highest BCUT2D eigenvalue weighted by atomic mass is 32.1. The lowest BCUT2D eigenvalue weighted by molar-refractivity contribution is 0.243. The maximum Gasteiger partial charge on any atom is 0.340 e. The molecule has 0 radical (unpaired) electrons. The Bertz CT molecular complexity index is 1230. The molecule has 5 rings (SSSR count). The lowest BCUT2D eigenvalue weighted by Gasteiger charge is -2.41. The molecule has 30 heavy (non-hydrogen) atoms. The molecular weight excluding hydrogens is 405 g/mol. The fourth-order valence-corrected chi connectivity index (χ4v) is 4.60. The third-order valence-corrected chi connectivity index (χ3v) is 6.55. The highest BCUT2D eigenvalue weighted by molar-refractivity contribution is 7.18. The van der Waals surface area contributed by atoms with E-state index in [-0.39, 0.29) is 16.9 Å². The van der Waals surface area contributed by atoms with Crippen molar-refractivity contribution in [3.8, 4) is 21.3 Å². The van der Waals surface area contributed by atoms with E-state index in [1.54, 1.807) is 12.3 Å². The summed E-state index contributed by atoms with van der Waals surface area (Å²) in [6, 6.07) is 10.6. The molecule has 0 bridgehead atoms. The van der Waals surface area contributed by atoms with Gasteiger partial charge in [-0.25, -0.2) is 14.3 Å². The molecular formula is C20H18FN7OS. The Labute approximate surface area is 174 Å². The first-order valence-electron chi connectivity index (χ1n) is 9.57. The van der Waals surface area contributed by atoms with Gasteiger partial charge in [0.2, 0.25) is 0 Å². The molecule has 0 aromatic carbocycles. The molecule has 152 valence electrons. The van der Waals surface area contributed by atoms with Crippen molar-refractivity contribution < 1.29 is 4.39 Å². The number of pyridine rings is 1. The molecule has 4 heterocycles. The number of aromatic nitrogens is 6. The first kappa shape index (κ1) is 18.6. The van der Waals surface area contributed by atoms with E-state index in [0.717, 1.165) is 34.7 Å². The van der Waals surface area contributed by atoms with Crippen LogP contribution < -0.4 is 11.0 Å². The van der Waals surface area contributed by atoms with E-state index in [1.165, 1.54) is 17.4 Å². The van der Waals surface area contributed by atoms with E-state index in [9.17, 15) is 9.18 Å². The number of rotatable bonds is 6. The van der Waals surface area contributed by atoms with E-state index in [2.05, 4.69) is 35.7 Å². The molecule has 8 nitrogen and oxygen atoms in total. The maximum atomic E-state index is 14.3. The summed E-state index contributed by atoms with van der Waals surface area (Å²) >= 11 is 1.46. The fourth-order valence-electron chi connectivity index (χ4n) is 3.68. The zero-order chi connectivity index (χ0) is 20.6. The first-order valence-corrected chi connectivity index (χ1v) is 10.4. The molecule has 1 saturated carbocycles. The summed E-state index contributed by atoms with van der Waals surface area (Å²) in [5.74, 6) is 0.872. The number of hydrogen-bond acceptors (Lipinski definition) is 7. The number of thiophene rings is 1. The summed E-state index contributed by atoms with van der Waals surface area (Å²) in [5.41, 5.74) is 0.610. The van der Waals surface area contributed by atoms with Crippen molar-refractivity contribution in [1.82, 2.24) is 30.4 Å². The Hall–Kier alpha value is -3.40. The summed E-state index contributed by atoms with van der Waals surface area (Å²) in [7, 11) is 0. The SMILES string of the molecule is O=c1[nH]nc(-c2ccc(-c3ccc(NCC4(c5ncccc5F)CCC4)nn3)s2)[nH]1.